The van der Waals surface area contributed by atoms with Gasteiger partial charge in [0.05, 0.1) is 0 Å². The van der Waals surface area contributed by atoms with Gasteiger partial charge in [-0.2, -0.15) is 4.98 Å². The summed E-state index contributed by atoms with van der Waals surface area (Å²) in [6, 6.07) is 8.02. The lowest BCUT2D eigenvalue weighted by atomic mass is 10.1. The molecule has 0 radical (unpaired) electrons. The van der Waals surface area contributed by atoms with Crippen molar-refractivity contribution in [2.45, 2.75) is 6.42 Å². The summed E-state index contributed by atoms with van der Waals surface area (Å²) in [4.78, 5) is 4.12. The van der Waals surface area contributed by atoms with E-state index in [0.717, 1.165) is 5.56 Å². The standard InChI is InChI=1S/C10H10ClN3O/c1-12-10-13-9(14-15-10)6-7-3-2-4-8(11)5-7/h2-5H,6H2,1H3,(H,12,13,14). The van der Waals surface area contributed by atoms with Crippen molar-refractivity contribution in [3.63, 3.8) is 0 Å². The molecule has 2 aromatic rings. The number of aromatic nitrogens is 2. The van der Waals surface area contributed by atoms with E-state index in [2.05, 4.69) is 15.5 Å². The Bertz CT molecular complexity index is 455. The van der Waals surface area contributed by atoms with Crippen molar-refractivity contribution in [3.8, 4) is 0 Å². The van der Waals surface area contributed by atoms with Gasteiger partial charge in [0.2, 0.25) is 0 Å². The lowest BCUT2D eigenvalue weighted by molar-refractivity contribution is 0.425. The van der Waals surface area contributed by atoms with Crippen molar-refractivity contribution >= 4 is 17.6 Å². The van der Waals surface area contributed by atoms with E-state index in [1.807, 2.05) is 24.3 Å². The van der Waals surface area contributed by atoms with Crippen LogP contribution in [-0.4, -0.2) is 17.2 Å². The molecule has 0 aliphatic carbocycles. The molecular formula is C10H10ClN3O. The van der Waals surface area contributed by atoms with Crippen molar-refractivity contribution < 1.29 is 4.52 Å². The molecule has 0 saturated heterocycles. The smallest absolute Gasteiger partial charge is 0.321 e. The third-order valence-corrected chi connectivity index (χ3v) is 2.17. The molecule has 1 heterocycles. The molecule has 0 fully saturated rings. The highest BCUT2D eigenvalue weighted by molar-refractivity contribution is 6.30. The van der Waals surface area contributed by atoms with Gasteiger partial charge in [0.1, 0.15) is 0 Å². The quantitative estimate of drug-likeness (QED) is 0.868. The van der Waals surface area contributed by atoms with Crippen LogP contribution in [0.2, 0.25) is 5.02 Å². The van der Waals surface area contributed by atoms with Gasteiger partial charge < -0.3 is 9.84 Å². The maximum atomic E-state index is 5.87. The van der Waals surface area contributed by atoms with Gasteiger partial charge in [-0.15, -0.1) is 0 Å². The average molecular weight is 224 g/mol. The molecule has 2 rings (SSSR count). The second-order valence-electron chi connectivity index (χ2n) is 3.07. The van der Waals surface area contributed by atoms with Crippen molar-refractivity contribution in [1.82, 2.24) is 10.1 Å². The number of nitrogens with zero attached hydrogens (tertiary/aromatic N) is 2. The molecule has 0 amide bonds. The van der Waals surface area contributed by atoms with Crippen molar-refractivity contribution in [3.05, 3.63) is 40.7 Å². The Morgan fingerprint density at radius 2 is 2.33 bits per heavy atom. The third-order valence-electron chi connectivity index (χ3n) is 1.93. The van der Waals surface area contributed by atoms with Crippen molar-refractivity contribution in [1.29, 1.82) is 0 Å². The highest BCUT2D eigenvalue weighted by atomic mass is 35.5. The molecule has 0 unspecified atom stereocenters. The van der Waals surface area contributed by atoms with Gasteiger partial charge >= 0.3 is 6.01 Å². The van der Waals surface area contributed by atoms with Crippen LogP contribution in [0.4, 0.5) is 6.01 Å². The van der Waals surface area contributed by atoms with Crippen molar-refractivity contribution in [2.24, 2.45) is 0 Å². The molecule has 78 valence electrons. The van der Waals surface area contributed by atoms with Crippen LogP contribution in [0.1, 0.15) is 11.4 Å². The van der Waals surface area contributed by atoms with Crippen LogP contribution in [-0.2, 0) is 6.42 Å². The van der Waals surface area contributed by atoms with Gasteiger partial charge in [-0.3, -0.25) is 0 Å². The number of hydrogen-bond donors (Lipinski definition) is 1. The molecule has 1 aromatic heterocycles. The zero-order valence-corrected chi connectivity index (χ0v) is 8.95. The van der Waals surface area contributed by atoms with E-state index in [4.69, 9.17) is 16.1 Å². The summed E-state index contributed by atoms with van der Waals surface area (Å²) in [5.41, 5.74) is 1.06. The fourth-order valence-electron chi connectivity index (χ4n) is 1.26. The van der Waals surface area contributed by atoms with Crippen LogP contribution in [0, 0.1) is 0 Å². The fraction of sp³-hybridized carbons (Fsp3) is 0.200. The van der Waals surface area contributed by atoms with E-state index >= 15 is 0 Å². The molecule has 0 aliphatic rings. The molecule has 0 spiro atoms. The maximum absolute atomic E-state index is 5.87. The molecule has 1 N–H and O–H groups in total. The molecule has 0 atom stereocenters. The molecule has 4 nitrogen and oxygen atoms in total. The summed E-state index contributed by atoms with van der Waals surface area (Å²) in [6.07, 6.45) is 0.617. The van der Waals surface area contributed by atoms with Gasteiger partial charge in [-0.1, -0.05) is 28.9 Å². The highest BCUT2D eigenvalue weighted by Crippen LogP contribution is 2.14. The lowest BCUT2D eigenvalue weighted by Gasteiger charge is -1.96. The Kier molecular flexibility index (Phi) is 2.87. The zero-order valence-electron chi connectivity index (χ0n) is 8.20. The summed E-state index contributed by atoms with van der Waals surface area (Å²) >= 11 is 5.87. The molecule has 1 aromatic carbocycles. The topological polar surface area (TPSA) is 51.0 Å². The monoisotopic (exact) mass is 223 g/mol. The Morgan fingerprint density at radius 1 is 1.47 bits per heavy atom. The largest absolute Gasteiger partial charge is 0.341 e. The first-order valence-corrected chi connectivity index (χ1v) is 4.90. The van der Waals surface area contributed by atoms with Crippen molar-refractivity contribution in [2.75, 3.05) is 12.4 Å². The fourth-order valence-corrected chi connectivity index (χ4v) is 1.47. The minimum atomic E-state index is 0.423. The van der Waals surface area contributed by atoms with Crippen LogP contribution in [0.5, 0.6) is 0 Å². The van der Waals surface area contributed by atoms with E-state index < -0.39 is 0 Å². The predicted molar refractivity (Wildman–Crippen MR) is 58.1 cm³/mol. The van der Waals surface area contributed by atoms with Crippen LogP contribution in [0.25, 0.3) is 0 Å². The van der Waals surface area contributed by atoms with Gasteiger partial charge in [0, 0.05) is 18.5 Å². The first kappa shape index (κ1) is 9.98. The van der Waals surface area contributed by atoms with E-state index in [0.29, 0.717) is 23.3 Å². The molecular weight excluding hydrogens is 214 g/mol. The van der Waals surface area contributed by atoms with E-state index in [1.165, 1.54) is 0 Å². The first-order valence-electron chi connectivity index (χ1n) is 4.52. The molecule has 15 heavy (non-hydrogen) atoms. The van der Waals surface area contributed by atoms with E-state index in [9.17, 15) is 0 Å². The van der Waals surface area contributed by atoms with E-state index in [1.54, 1.807) is 7.05 Å². The Morgan fingerprint density at radius 3 is 3.00 bits per heavy atom. The molecule has 5 heteroatoms. The average Bonchev–Trinajstić information content (AvgIpc) is 2.65. The summed E-state index contributed by atoms with van der Waals surface area (Å²) < 4.78 is 4.91. The zero-order chi connectivity index (χ0) is 10.7. The molecule has 0 aliphatic heterocycles. The number of anilines is 1. The van der Waals surface area contributed by atoms with Gasteiger partial charge in [0.25, 0.3) is 0 Å². The summed E-state index contributed by atoms with van der Waals surface area (Å²) in [5.74, 6) is 0.640. The first-order chi connectivity index (χ1) is 7.28. The summed E-state index contributed by atoms with van der Waals surface area (Å²) in [5, 5.41) is 7.31. The molecule has 0 saturated carbocycles. The second-order valence-corrected chi connectivity index (χ2v) is 3.51. The Labute approximate surface area is 92.3 Å². The van der Waals surface area contributed by atoms with Crippen LogP contribution in [0.15, 0.2) is 28.8 Å². The van der Waals surface area contributed by atoms with Crippen LogP contribution < -0.4 is 5.32 Å². The number of benzene rings is 1. The van der Waals surface area contributed by atoms with Gasteiger partial charge in [-0.05, 0) is 17.7 Å². The second kappa shape index (κ2) is 4.31. The Hall–Kier alpha value is -1.55. The van der Waals surface area contributed by atoms with Gasteiger partial charge in [-0.25, -0.2) is 0 Å². The summed E-state index contributed by atoms with van der Waals surface area (Å²) in [7, 11) is 1.73. The minimum Gasteiger partial charge on any atom is -0.341 e. The lowest BCUT2D eigenvalue weighted by Crippen LogP contribution is -1.92. The third kappa shape index (κ3) is 2.47. The highest BCUT2D eigenvalue weighted by Gasteiger charge is 2.05. The van der Waals surface area contributed by atoms with Gasteiger partial charge in [0.15, 0.2) is 5.82 Å². The summed E-state index contributed by atoms with van der Waals surface area (Å²) in [6.45, 7) is 0. The Balaban J connectivity index is 2.14. The van der Waals surface area contributed by atoms with Crippen LogP contribution >= 0.6 is 11.6 Å². The SMILES string of the molecule is CNc1nc(Cc2cccc(Cl)c2)no1. The normalized spacial score (nSPS) is 10.3. The number of halogens is 1. The number of rotatable bonds is 3. The predicted octanol–water partition coefficient (Wildman–Crippen LogP) is 2.36. The number of hydrogen-bond acceptors (Lipinski definition) is 4. The maximum Gasteiger partial charge on any atom is 0.321 e. The minimum absolute atomic E-state index is 0.423. The number of nitrogens with one attached hydrogen (secondary N) is 1. The van der Waals surface area contributed by atoms with Crippen LogP contribution in [0.3, 0.4) is 0 Å². The van der Waals surface area contributed by atoms with E-state index in [-0.39, 0.29) is 0 Å². The molecule has 0 bridgehead atoms.